The highest BCUT2D eigenvalue weighted by atomic mass is 15.3. The van der Waals surface area contributed by atoms with Crippen molar-refractivity contribution in [3.05, 3.63) is 0 Å². The van der Waals surface area contributed by atoms with Crippen LogP contribution in [0.1, 0.15) is 20.3 Å². The second-order valence-electron chi connectivity index (χ2n) is 5.01. The van der Waals surface area contributed by atoms with Crippen LogP contribution in [0.2, 0.25) is 0 Å². The average molecular weight is 213 g/mol. The quantitative estimate of drug-likeness (QED) is 0.747. The molecule has 3 unspecified atom stereocenters. The fourth-order valence-corrected chi connectivity index (χ4v) is 2.54. The Bertz CT molecular complexity index is 184. The molecule has 90 valence electrons. The Morgan fingerprint density at radius 1 is 1.33 bits per heavy atom. The molecular formula is C12H27N3. The van der Waals surface area contributed by atoms with E-state index in [1.807, 2.05) is 0 Å². The van der Waals surface area contributed by atoms with E-state index in [1.165, 1.54) is 26.1 Å². The Morgan fingerprint density at radius 2 is 2.00 bits per heavy atom. The van der Waals surface area contributed by atoms with Crippen LogP contribution in [0.3, 0.4) is 0 Å². The minimum absolute atomic E-state index is 0.614. The highest BCUT2D eigenvalue weighted by Crippen LogP contribution is 2.18. The van der Waals surface area contributed by atoms with Crippen molar-refractivity contribution in [3.8, 4) is 0 Å². The molecule has 3 nitrogen and oxygen atoms in total. The maximum atomic E-state index is 3.51. The molecule has 1 fully saturated rings. The second-order valence-corrected chi connectivity index (χ2v) is 5.01. The molecule has 3 heteroatoms. The van der Waals surface area contributed by atoms with E-state index in [2.05, 4.69) is 50.1 Å². The monoisotopic (exact) mass is 213 g/mol. The molecule has 0 saturated carbocycles. The third-order valence-electron chi connectivity index (χ3n) is 3.90. The summed E-state index contributed by atoms with van der Waals surface area (Å²) >= 11 is 0. The van der Waals surface area contributed by atoms with E-state index >= 15 is 0 Å². The molecule has 1 heterocycles. The zero-order valence-electron chi connectivity index (χ0n) is 11.0. The molecule has 3 atom stereocenters. The van der Waals surface area contributed by atoms with Gasteiger partial charge in [-0.1, -0.05) is 20.3 Å². The molecule has 0 aromatic heterocycles. The number of hydrogen-bond acceptors (Lipinski definition) is 3. The van der Waals surface area contributed by atoms with E-state index in [0.717, 1.165) is 5.92 Å². The van der Waals surface area contributed by atoms with E-state index in [9.17, 15) is 0 Å². The normalized spacial score (nSPS) is 29.0. The third-order valence-corrected chi connectivity index (χ3v) is 3.90. The highest BCUT2D eigenvalue weighted by Gasteiger charge is 2.31. The van der Waals surface area contributed by atoms with Crippen LogP contribution >= 0.6 is 0 Å². The van der Waals surface area contributed by atoms with Crippen LogP contribution in [-0.4, -0.2) is 62.7 Å². The Kier molecular flexibility index (Phi) is 5.03. The van der Waals surface area contributed by atoms with Gasteiger partial charge in [0.25, 0.3) is 0 Å². The summed E-state index contributed by atoms with van der Waals surface area (Å²) in [5.41, 5.74) is 0. The lowest BCUT2D eigenvalue weighted by atomic mass is 9.90. The van der Waals surface area contributed by atoms with Gasteiger partial charge in [-0.15, -0.1) is 0 Å². The number of likely N-dealkylation sites (N-methyl/N-ethyl adjacent to an activating group) is 3. The fourth-order valence-electron chi connectivity index (χ4n) is 2.54. The van der Waals surface area contributed by atoms with Crippen molar-refractivity contribution in [1.29, 1.82) is 0 Å². The minimum Gasteiger partial charge on any atom is -0.315 e. The number of nitrogens with one attached hydrogen (secondary N) is 1. The third kappa shape index (κ3) is 3.16. The molecule has 0 radical (unpaired) electrons. The number of piperazine rings is 1. The zero-order valence-corrected chi connectivity index (χ0v) is 11.0. The summed E-state index contributed by atoms with van der Waals surface area (Å²) < 4.78 is 0. The van der Waals surface area contributed by atoms with E-state index in [4.69, 9.17) is 0 Å². The average Bonchev–Trinajstić information content (AvgIpc) is 2.23. The first-order chi connectivity index (χ1) is 7.10. The molecule has 1 N–H and O–H groups in total. The van der Waals surface area contributed by atoms with Crippen molar-refractivity contribution in [3.63, 3.8) is 0 Å². The van der Waals surface area contributed by atoms with Gasteiger partial charge in [-0.2, -0.15) is 0 Å². The summed E-state index contributed by atoms with van der Waals surface area (Å²) in [5.74, 6) is 0.744. The first-order valence-electron chi connectivity index (χ1n) is 6.16. The molecule has 0 aromatic carbocycles. The lowest BCUT2D eigenvalue weighted by Gasteiger charge is -2.43. The SMILES string of the molecule is CCC(C)C(NC)C1CN(C)CCN1C. The van der Waals surface area contributed by atoms with Gasteiger partial charge in [0.15, 0.2) is 0 Å². The molecule has 0 spiro atoms. The molecular weight excluding hydrogens is 186 g/mol. The number of hydrogen-bond donors (Lipinski definition) is 1. The first kappa shape index (κ1) is 12.9. The summed E-state index contributed by atoms with van der Waals surface area (Å²) in [6, 6.07) is 1.27. The van der Waals surface area contributed by atoms with Crippen LogP contribution in [0.5, 0.6) is 0 Å². The number of nitrogens with zero attached hydrogens (tertiary/aromatic N) is 2. The highest BCUT2D eigenvalue weighted by molar-refractivity contribution is 4.90. The smallest absolute Gasteiger partial charge is 0.0376 e. The van der Waals surface area contributed by atoms with Crippen molar-refractivity contribution in [2.45, 2.75) is 32.4 Å². The predicted octanol–water partition coefficient (Wildman–Crippen LogP) is 0.866. The second kappa shape index (κ2) is 5.83. The molecule has 1 saturated heterocycles. The van der Waals surface area contributed by atoms with Crippen molar-refractivity contribution in [2.24, 2.45) is 5.92 Å². The number of rotatable bonds is 4. The van der Waals surface area contributed by atoms with E-state index in [0.29, 0.717) is 12.1 Å². The van der Waals surface area contributed by atoms with Gasteiger partial charge in [0.2, 0.25) is 0 Å². The van der Waals surface area contributed by atoms with Crippen molar-refractivity contribution in [2.75, 3.05) is 40.8 Å². The van der Waals surface area contributed by atoms with Gasteiger partial charge < -0.3 is 10.2 Å². The van der Waals surface area contributed by atoms with Crippen molar-refractivity contribution in [1.82, 2.24) is 15.1 Å². The van der Waals surface area contributed by atoms with E-state index in [1.54, 1.807) is 0 Å². The van der Waals surface area contributed by atoms with E-state index in [-0.39, 0.29) is 0 Å². The molecule has 1 aliphatic rings. The first-order valence-corrected chi connectivity index (χ1v) is 6.16. The fraction of sp³-hybridized carbons (Fsp3) is 1.00. The van der Waals surface area contributed by atoms with Crippen LogP contribution in [-0.2, 0) is 0 Å². The lowest BCUT2D eigenvalue weighted by Crippen LogP contribution is -2.59. The van der Waals surface area contributed by atoms with Crippen LogP contribution in [0.25, 0.3) is 0 Å². The van der Waals surface area contributed by atoms with Crippen LogP contribution in [0, 0.1) is 5.92 Å². The van der Waals surface area contributed by atoms with E-state index < -0.39 is 0 Å². The Hall–Kier alpha value is -0.120. The zero-order chi connectivity index (χ0) is 11.4. The summed E-state index contributed by atoms with van der Waals surface area (Å²) in [6.07, 6.45) is 1.25. The predicted molar refractivity (Wildman–Crippen MR) is 66.2 cm³/mol. The molecule has 0 amide bonds. The Balaban J connectivity index is 2.64. The van der Waals surface area contributed by atoms with Gasteiger partial charge in [0, 0.05) is 31.7 Å². The summed E-state index contributed by atoms with van der Waals surface area (Å²) in [4.78, 5) is 4.95. The molecule has 1 aliphatic heterocycles. The van der Waals surface area contributed by atoms with Gasteiger partial charge >= 0.3 is 0 Å². The standard InChI is InChI=1S/C12H27N3/c1-6-10(2)12(13-3)11-9-14(4)7-8-15(11)5/h10-13H,6-9H2,1-5H3. The Labute approximate surface area is 94.8 Å². The summed E-state index contributed by atoms with van der Waals surface area (Å²) in [6.45, 7) is 8.21. The van der Waals surface area contributed by atoms with Gasteiger partial charge in [0.05, 0.1) is 0 Å². The molecule has 0 bridgehead atoms. The largest absolute Gasteiger partial charge is 0.315 e. The maximum Gasteiger partial charge on any atom is 0.0376 e. The van der Waals surface area contributed by atoms with Crippen molar-refractivity contribution < 1.29 is 0 Å². The maximum absolute atomic E-state index is 3.51. The van der Waals surface area contributed by atoms with Crippen LogP contribution in [0.15, 0.2) is 0 Å². The molecule has 1 rings (SSSR count). The van der Waals surface area contributed by atoms with Crippen LogP contribution in [0.4, 0.5) is 0 Å². The lowest BCUT2D eigenvalue weighted by molar-refractivity contribution is 0.0740. The van der Waals surface area contributed by atoms with Gasteiger partial charge in [-0.3, -0.25) is 4.90 Å². The van der Waals surface area contributed by atoms with Gasteiger partial charge in [-0.05, 0) is 27.1 Å². The minimum atomic E-state index is 0.614. The Morgan fingerprint density at radius 3 is 2.53 bits per heavy atom. The summed E-state index contributed by atoms with van der Waals surface area (Å²) in [7, 11) is 6.58. The summed E-state index contributed by atoms with van der Waals surface area (Å²) in [5, 5.41) is 3.51. The van der Waals surface area contributed by atoms with Gasteiger partial charge in [-0.25, -0.2) is 0 Å². The molecule has 15 heavy (non-hydrogen) atoms. The van der Waals surface area contributed by atoms with Crippen LogP contribution < -0.4 is 5.32 Å². The van der Waals surface area contributed by atoms with Gasteiger partial charge in [0.1, 0.15) is 0 Å². The van der Waals surface area contributed by atoms with Crippen molar-refractivity contribution >= 4 is 0 Å². The topological polar surface area (TPSA) is 18.5 Å². The molecule has 0 aromatic rings. The molecule has 0 aliphatic carbocycles.